The van der Waals surface area contributed by atoms with Crippen molar-refractivity contribution in [1.29, 1.82) is 0 Å². The van der Waals surface area contributed by atoms with Crippen LogP contribution in [0.2, 0.25) is 0 Å². The molecule has 102 valence electrons. The molecule has 0 bridgehead atoms. The summed E-state index contributed by atoms with van der Waals surface area (Å²) >= 11 is 0. The summed E-state index contributed by atoms with van der Waals surface area (Å²) in [6.45, 7) is 1.13. The SMILES string of the molecule is NC1(C(=O)Nc2ccc3c(c2)CCC3)CCOCC1. The second-order valence-corrected chi connectivity index (χ2v) is 5.56. The number of hydrogen-bond donors (Lipinski definition) is 2. The third-order valence-electron chi connectivity index (χ3n) is 4.19. The minimum atomic E-state index is -0.780. The third kappa shape index (κ3) is 2.51. The van der Waals surface area contributed by atoms with E-state index in [1.54, 1.807) is 0 Å². The summed E-state index contributed by atoms with van der Waals surface area (Å²) in [5.74, 6) is -0.0891. The van der Waals surface area contributed by atoms with Crippen molar-refractivity contribution in [3.05, 3.63) is 29.3 Å². The molecule has 0 saturated carbocycles. The molecule has 0 atom stereocenters. The van der Waals surface area contributed by atoms with Crippen LogP contribution in [0.3, 0.4) is 0 Å². The fourth-order valence-corrected chi connectivity index (χ4v) is 2.87. The Morgan fingerprint density at radius 2 is 1.95 bits per heavy atom. The lowest BCUT2D eigenvalue weighted by Crippen LogP contribution is -2.54. The normalized spacial score (nSPS) is 20.9. The van der Waals surface area contributed by atoms with Crippen LogP contribution in [-0.4, -0.2) is 24.7 Å². The van der Waals surface area contributed by atoms with Crippen LogP contribution in [-0.2, 0) is 22.4 Å². The van der Waals surface area contributed by atoms with Crippen LogP contribution in [0.15, 0.2) is 18.2 Å². The lowest BCUT2D eigenvalue weighted by atomic mass is 9.90. The number of fused-ring (bicyclic) bond motifs is 1. The molecule has 0 unspecified atom stereocenters. The van der Waals surface area contributed by atoms with Crippen LogP contribution < -0.4 is 11.1 Å². The molecule has 4 nitrogen and oxygen atoms in total. The van der Waals surface area contributed by atoms with Crippen molar-refractivity contribution < 1.29 is 9.53 Å². The first-order chi connectivity index (χ1) is 9.17. The lowest BCUT2D eigenvalue weighted by molar-refractivity contribution is -0.124. The maximum Gasteiger partial charge on any atom is 0.244 e. The van der Waals surface area contributed by atoms with E-state index in [1.807, 2.05) is 6.07 Å². The van der Waals surface area contributed by atoms with E-state index in [0.717, 1.165) is 18.5 Å². The highest BCUT2D eigenvalue weighted by Gasteiger charge is 2.35. The van der Waals surface area contributed by atoms with Crippen LogP contribution in [0, 0.1) is 0 Å². The van der Waals surface area contributed by atoms with Gasteiger partial charge in [-0.15, -0.1) is 0 Å². The summed E-state index contributed by atoms with van der Waals surface area (Å²) in [6, 6.07) is 6.18. The Labute approximate surface area is 113 Å². The molecule has 1 aliphatic heterocycles. The van der Waals surface area contributed by atoms with Gasteiger partial charge in [-0.25, -0.2) is 0 Å². The number of ether oxygens (including phenoxy) is 1. The smallest absolute Gasteiger partial charge is 0.244 e. The van der Waals surface area contributed by atoms with Crippen LogP contribution in [0.4, 0.5) is 5.69 Å². The molecule has 1 fully saturated rings. The molecule has 1 aliphatic carbocycles. The summed E-state index contributed by atoms with van der Waals surface area (Å²) < 4.78 is 5.27. The van der Waals surface area contributed by atoms with Gasteiger partial charge in [-0.1, -0.05) is 6.07 Å². The zero-order chi connectivity index (χ0) is 13.3. The number of benzene rings is 1. The first kappa shape index (κ1) is 12.6. The molecular formula is C15H20N2O2. The Morgan fingerprint density at radius 3 is 2.74 bits per heavy atom. The molecule has 1 saturated heterocycles. The molecule has 3 N–H and O–H groups in total. The monoisotopic (exact) mass is 260 g/mol. The Hall–Kier alpha value is -1.39. The molecule has 4 heteroatoms. The summed E-state index contributed by atoms with van der Waals surface area (Å²) in [7, 11) is 0. The highest BCUT2D eigenvalue weighted by atomic mass is 16.5. The first-order valence-electron chi connectivity index (χ1n) is 6.97. The maximum absolute atomic E-state index is 12.3. The number of amides is 1. The van der Waals surface area contributed by atoms with E-state index in [4.69, 9.17) is 10.5 Å². The van der Waals surface area contributed by atoms with Gasteiger partial charge in [-0.05, 0) is 55.4 Å². The average molecular weight is 260 g/mol. The van der Waals surface area contributed by atoms with Crippen LogP contribution in [0.1, 0.15) is 30.4 Å². The fraction of sp³-hybridized carbons (Fsp3) is 0.533. The van der Waals surface area contributed by atoms with Gasteiger partial charge in [-0.3, -0.25) is 4.79 Å². The number of aryl methyl sites for hydroxylation is 2. The van der Waals surface area contributed by atoms with E-state index in [-0.39, 0.29) is 5.91 Å². The molecule has 1 heterocycles. The van der Waals surface area contributed by atoms with Crippen molar-refractivity contribution in [1.82, 2.24) is 0 Å². The zero-order valence-electron chi connectivity index (χ0n) is 11.1. The Morgan fingerprint density at radius 1 is 1.21 bits per heavy atom. The Kier molecular flexibility index (Phi) is 3.29. The largest absolute Gasteiger partial charge is 0.381 e. The van der Waals surface area contributed by atoms with Crippen LogP contribution in [0.5, 0.6) is 0 Å². The Balaban J connectivity index is 1.72. The van der Waals surface area contributed by atoms with Gasteiger partial charge in [0.1, 0.15) is 5.54 Å². The van der Waals surface area contributed by atoms with E-state index in [1.165, 1.54) is 17.5 Å². The number of carbonyl (C=O) groups excluding carboxylic acids is 1. The fourth-order valence-electron chi connectivity index (χ4n) is 2.87. The second kappa shape index (κ2) is 4.94. The van der Waals surface area contributed by atoms with Crippen LogP contribution >= 0.6 is 0 Å². The number of nitrogens with two attached hydrogens (primary N) is 1. The van der Waals surface area contributed by atoms with Gasteiger partial charge in [0.25, 0.3) is 0 Å². The van der Waals surface area contributed by atoms with E-state index < -0.39 is 5.54 Å². The molecule has 1 aromatic carbocycles. The molecule has 0 aromatic heterocycles. The minimum absolute atomic E-state index is 0.0891. The highest BCUT2D eigenvalue weighted by Crippen LogP contribution is 2.26. The standard InChI is InChI=1S/C15H20N2O2/c16-15(6-8-19-9-7-15)14(18)17-13-5-4-11-2-1-3-12(11)10-13/h4-5,10H,1-3,6-9,16H2,(H,17,18). The van der Waals surface area contributed by atoms with E-state index >= 15 is 0 Å². The topological polar surface area (TPSA) is 64.4 Å². The molecule has 3 rings (SSSR count). The van der Waals surface area contributed by atoms with E-state index in [2.05, 4.69) is 17.4 Å². The molecule has 2 aliphatic rings. The number of rotatable bonds is 2. The Bertz CT molecular complexity index is 493. The van der Waals surface area contributed by atoms with Gasteiger partial charge < -0.3 is 15.8 Å². The van der Waals surface area contributed by atoms with Crippen molar-refractivity contribution in [2.24, 2.45) is 5.73 Å². The van der Waals surface area contributed by atoms with Gasteiger partial charge in [-0.2, -0.15) is 0 Å². The number of anilines is 1. The summed E-state index contributed by atoms with van der Waals surface area (Å²) in [4.78, 5) is 12.3. The number of carbonyl (C=O) groups is 1. The average Bonchev–Trinajstić information content (AvgIpc) is 2.87. The molecule has 19 heavy (non-hydrogen) atoms. The highest BCUT2D eigenvalue weighted by molar-refractivity contribution is 5.98. The molecule has 1 aromatic rings. The molecule has 1 amide bonds. The van der Waals surface area contributed by atoms with Crippen LogP contribution in [0.25, 0.3) is 0 Å². The van der Waals surface area contributed by atoms with Crippen molar-refractivity contribution in [3.63, 3.8) is 0 Å². The summed E-state index contributed by atoms with van der Waals surface area (Å²) in [5.41, 5.74) is 9.02. The van der Waals surface area contributed by atoms with Crippen molar-refractivity contribution in [2.45, 2.75) is 37.6 Å². The summed E-state index contributed by atoms with van der Waals surface area (Å²) in [5, 5.41) is 2.96. The van der Waals surface area contributed by atoms with Gasteiger partial charge in [0.05, 0.1) is 0 Å². The van der Waals surface area contributed by atoms with Crippen molar-refractivity contribution in [3.8, 4) is 0 Å². The lowest BCUT2D eigenvalue weighted by Gasteiger charge is -2.31. The summed E-state index contributed by atoms with van der Waals surface area (Å²) in [6.07, 6.45) is 4.65. The zero-order valence-corrected chi connectivity index (χ0v) is 11.1. The van der Waals surface area contributed by atoms with Crippen molar-refractivity contribution >= 4 is 11.6 Å². The van der Waals surface area contributed by atoms with Gasteiger partial charge in [0.15, 0.2) is 0 Å². The van der Waals surface area contributed by atoms with Gasteiger partial charge in [0.2, 0.25) is 5.91 Å². The predicted molar refractivity (Wildman–Crippen MR) is 74.1 cm³/mol. The number of hydrogen-bond acceptors (Lipinski definition) is 3. The predicted octanol–water partition coefficient (Wildman–Crippen LogP) is 1.62. The van der Waals surface area contributed by atoms with E-state index in [0.29, 0.717) is 26.1 Å². The molecular weight excluding hydrogens is 240 g/mol. The quantitative estimate of drug-likeness (QED) is 0.849. The first-order valence-corrected chi connectivity index (χ1v) is 6.97. The maximum atomic E-state index is 12.3. The van der Waals surface area contributed by atoms with Gasteiger partial charge in [0, 0.05) is 18.9 Å². The van der Waals surface area contributed by atoms with Crippen molar-refractivity contribution in [2.75, 3.05) is 18.5 Å². The number of nitrogens with one attached hydrogen (secondary N) is 1. The van der Waals surface area contributed by atoms with Gasteiger partial charge >= 0.3 is 0 Å². The second-order valence-electron chi connectivity index (χ2n) is 5.56. The minimum Gasteiger partial charge on any atom is -0.381 e. The molecule has 0 spiro atoms. The van der Waals surface area contributed by atoms with E-state index in [9.17, 15) is 4.79 Å². The third-order valence-corrected chi connectivity index (χ3v) is 4.19. The molecule has 0 radical (unpaired) electrons.